The van der Waals surface area contributed by atoms with Crippen LogP contribution in [0.4, 0.5) is 0 Å². The van der Waals surface area contributed by atoms with Crippen molar-refractivity contribution >= 4 is 0 Å². The predicted molar refractivity (Wildman–Crippen MR) is 55.0 cm³/mol. The molecule has 2 nitrogen and oxygen atoms in total. The van der Waals surface area contributed by atoms with Crippen molar-refractivity contribution in [2.45, 2.75) is 31.8 Å². The van der Waals surface area contributed by atoms with E-state index in [1.165, 1.54) is 24.8 Å². The van der Waals surface area contributed by atoms with Gasteiger partial charge in [-0.2, -0.15) is 0 Å². The van der Waals surface area contributed by atoms with Gasteiger partial charge in [-0.3, -0.25) is 0 Å². The van der Waals surface area contributed by atoms with E-state index in [1.807, 2.05) is 6.07 Å². The van der Waals surface area contributed by atoms with Gasteiger partial charge in [0.25, 0.3) is 0 Å². The van der Waals surface area contributed by atoms with Crippen molar-refractivity contribution in [1.29, 1.82) is 0 Å². The van der Waals surface area contributed by atoms with Crippen LogP contribution in [0.15, 0.2) is 18.2 Å². The van der Waals surface area contributed by atoms with Gasteiger partial charge < -0.3 is 10.4 Å². The first kappa shape index (κ1) is 8.30. The molecule has 2 aliphatic rings. The first-order valence-corrected chi connectivity index (χ1v) is 5.40. The lowest BCUT2D eigenvalue weighted by Crippen LogP contribution is -2.27. The van der Waals surface area contributed by atoms with E-state index < -0.39 is 0 Å². The molecule has 0 bridgehead atoms. The monoisotopic (exact) mass is 189 g/mol. The SMILES string of the molecule is Oc1cccc2c1C(C1CCC1)NC2. The van der Waals surface area contributed by atoms with Crippen molar-refractivity contribution in [3.05, 3.63) is 29.3 Å². The van der Waals surface area contributed by atoms with E-state index in [2.05, 4.69) is 11.4 Å². The van der Waals surface area contributed by atoms with Gasteiger partial charge in [0.2, 0.25) is 0 Å². The van der Waals surface area contributed by atoms with Crippen LogP contribution in [0, 0.1) is 5.92 Å². The Morgan fingerprint density at radius 3 is 2.86 bits per heavy atom. The topological polar surface area (TPSA) is 32.3 Å². The Morgan fingerprint density at radius 1 is 1.29 bits per heavy atom. The Hall–Kier alpha value is -1.02. The predicted octanol–water partition coefficient (Wildman–Crippen LogP) is 2.34. The van der Waals surface area contributed by atoms with Gasteiger partial charge in [-0.05, 0) is 30.4 Å². The fraction of sp³-hybridized carbons (Fsp3) is 0.500. The fourth-order valence-electron chi connectivity index (χ4n) is 2.61. The number of benzene rings is 1. The Balaban J connectivity index is 1.99. The quantitative estimate of drug-likeness (QED) is 0.710. The van der Waals surface area contributed by atoms with Crippen LogP contribution in [0.2, 0.25) is 0 Å². The summed E-state index contributed by atoms with van der Waals surface area (Å²) in [6.45, 7) is 0.922. The third-order valence-electron chi connectivity index (χ3n) is 3.62. The molecule has 0 amide bonds. The zero-order valence-corrected chi connectivity index (χ0v) is 8.16. The largest absolute Gasteiger partial charge is 0.508 e. The average Bonchev–Trinajstić information content (AvgIpc) is 2.47. The maximum Gasteiger partial charge on any atom is 0.120 e. The molecule has 74 valence electrons. The molecule has 2 N–H and O–H groups in total. The molecule has 3 rings (SSSR count). The highest BCUT2D eigenvalue weighted by Gasteiger charge is 2.34. The minimum Gasteiger partial charge on any atom is -0.508 e. The molecule has 1 saturated carbocycles. The molecule has 1 aliphatic heterocycles. The summed E-state index contributed by atoms with van der Waals surface area (Å²) in [6, 6.07) is 6.26. The van der Waals surface area contributed by atoms with Crippen molar-refractivity contribution < 1.29 is 5.11 Å². The molecular formula is C12H15NO. The highest BCUT2D eigenvalue weighted by Crippen LogP contribution is 2.44. The van der Waals surface area contributed by atoms with E-state index in [1.54, 1.807) is 6.07 Å². The molecule has 14 heavy (non-hydrogen) atoms. The summed E-state index contributed by atoms with van der Waals surface area (Å²) in [6.07, 6.45) is 3.97. The molecular weight excluding hydrogens is 174 g/mol. The zero-order chi connectivity index (χ0) is 9.54. The second kappa shape index (κ2) is 2.99. The normalized spacial score (nSPS) is 25.9. The van der Waals surface area contributed by atoms with Crippen molar-refractivity contribution in [2.24, 2.45) is 5.92 Å². The van der Waals surface area contributed by atoms with Crippen LogP contribution in [0.3, 0.4) is 0 Å². The summed E-state index contributed by atoms with van der Waals surface area (Å²) in [5, 5.41) is 13.3. The molecule has 0 spiro atoms. The maximum atomic E-state index is 9.83. The van der Waals surface area contributed by atoms with E-state index in [0.29, 0.717) is 11.8 Å². The number of nitrogens with one attached hydrogen (secondary N) is 1. The minimum atomic E-state index is 0.417. The summed E-state index contributed by atoms with van der Waals surface area (Å²) in [4.78, 5) is 0. The standard InChI is InChI=1S/C12H15NO/c14-10-6-2-5-9-7-13-12(11(9)10)8-3-1-4-8/h2,5-6,8,12-14H,1,3-4,7H2. The van der Waals surface area contributed by atoms with Crippen molar-refractivity contribution in [3.63, 3.8) is 0 Å². The number of phenols is 1. The van der Waals surface area contributed by atoms with Crippen LogP contribution in [-0.2, 0) is 6.54 Å². The lowest BCUT2D eigenvalue weighted by molar-refractivity contribution is 0.237. The highest BCUT2D eigenvalue weighted by atomic mass is 16.3. The average molecular weight is 189 g/mol. The van der Waals surface area contributed by atoms with Gasteiger partial charge in [0, 0.05) is 18.2 Å². The molecule has 1 aliphatic carbocycles. The third kappa shape index (κ3) is 1.07. The zero-order valence-electron chi connectivity index (χ0n) is 8.16. The molecule has 2 heteroatoms. The summed E-state index contributed by atoms with van der Waals surface area (Å²) < 4.78 is 0. The second-order valence-electron chi connectivity index (χ2n) is 4.40. The molecule has 0 radical (unpaired) electrons. The van der Waals surface area contributed by atoms with E-state index >= 15 is 0 Å². The lowest BCUT2D eigenvalue weighted by Gasteiger charge is -2.32. The first-order chi connectivity index (χ1) is 6.86. The number of hydrogen-bond donors (Lipinski definition) is 2. The summed E-state index contributed by atoms with van der Waals surface area (Å²) in [5.41, 5.74) is 2.44. The van der Waals surface area contributed by atoms with E-state index in [4.69, 9.17) is 0 Å². The second-order valence-corrected chi connectivity index (χ2v) is 4.40. The summed E-state index contributed by atoms with van der Waals surface area (Å²) in [7, 11) is 0. The third-order valence-corrected chi connectivity index (χ3v) is 3.62. The Morgan fingerprint density at radius 2 is 2.14 bits per heavy atom. The number of fused-ring (bicyclic) bond motifs is 1. The highest BCUT2D eigenvalue weighted by molar-refractivity contribution is 5.44. The maximum absolute atomic E-state index is 9.83. The smallest absolute Gasteiger partial charge is 0.120 e. The molecule has 0 saturated heterocycles. The van der Waals surface area contributed by atoms with Crippen molar-refractivity contribution in [2.75, 3.05) is 0 Å². The van der Waals surface area contributed by atoms with Crippen LogP contribution in [0.5, 0.6) is 5.75 Å². The Labute approximate surface area is 84.0 Å². The van der Waals surface area contributed by atoms with Crippen LogP contribution < -0.4 is 5.32 Å². The van der Waals surface area contributed by atoms with Crippen LogP contribution in [0.1, 0.15) is 36.4 Å². The Bertz CT molecular complexity index is 357. The first-order valence-electron chi connectivity index (χ1n) is 5.40. The Kier molecular flexibility index (Phi) is 1.77. The van der Waals surface area contributed by atoms with Crippen LogP contribution >= 0.6 is 0 Å². The van der Waals surface area contributed by atoms with E-state index in [0.717, 1.165) is 18.0 Å². The van der Waals surface area contributed by atoms with Crippen molar-refractivity contribution in [1.82, 2.24) is 5.32 Å². The molecule has 1 heterocycles. The van der Waals surface area contributed by atoms with Crippen molar-refractivity contribution in [3.8, 4) is 5.75 Å². The van der Waals surface area contributed by atoms with E-state index in [-0.39, 0.29) is 0 Å². The van der Waals surface area contributed by atoms with Gasteiger partial charge in [-0.15, -0.1) is 0 Å². The molecule has 1 fully saturated rings. The number of aromatic hydroxyl groups is 1. The molecule has 1 aromatic rings. The molecule has 1 aromatic carbocycles. The lowest BCUT2D eigenvalue weighted by atomic mass is 9.77. The molecule has 1 atom stereocenters. The fourth-order valence-corrected chi connectivity index (χ4v) is 2.61. The van der Waals surface area contributed by atoms with Gasteiger partial charge in [-0.25, -0.2) is 0 Å². The summed E-state index contributed by atoms with van der Waals surface area (Å²) in [5.74, 6) is 1.23. The number of hydrogen-bond acceptors (Lipinski definition) is 2. The van der Waals surface area contributed by atoms with Gasteiger partial charge in [0.15, 0.2) is 0 Å². The minimum absolute atomic E-state index is 0.417. The van der Waals surface area contributed by atoms with Gasteiger partial charge in [0.05, 0.1) is 0 Å². The molecule has 1 unspecified atom stereocenters. The number of rotatable bonds is 1. The van der Waals surface area contributed by atoms with Crippen LogP contribution in [0.25, 0.3) is 0 Å². The van der Waals surface area contributed by atoms with E-state index in [9.17, 15) is 5.11 Å². The van der Waals surface area contributed by atoms with Gasteiger partial charge in [0.1, 0.15) is 5.75 Å². The van der Waals surface area contributed by atoms with Crippen LogP contribution in [-0.4, -0.2) is 5.11 Å². The molecule has 0 aromatic heterocycles. The summed E-state index contributed by atoms with van der Waals surface area (Å²) >= 11 is 0. The number of phenolic OH excluding ortho intramolecular Hbond substituents is 1. The van der Waals surface area contributed by atoms with Gasteiger partial charge >= 0.3 is 0 Å². The van der Waals surface area contributed by atoms with Gasteiger partial charge in [-0.1, -0.05) is 18.6 Å².